The molecule has 0 saturated heterocycles. The van der Waals surface area contributed by atoms with E-state index in [9.17, 15) is 0 Å². The quantitative estimate of drug-likeness (QED) is 0.911. The first-order chi connectivity index (χ1) is 10.2. The molecule has 0 aromatic heterocycles. The molecule has 0 radical (unpaired) electrons. The second-order valence-electron chi connectivity index (χ2n) is 5.71. The van der Waals surface area contributed by atoms with Gasteiger partial charge >= 0.3 is 0 Å². The Morgan fingerprint density at radius 1 is 1.05 bits per heavy atom. The summed E-state index contributed by atoms with van der Waals surface area (Å²) in [6.45, 7) is 3.25. The smallest absolute Gasteiger partial charge is 0.0318 e. The Balaban J connectivity index is 1.58. The number of nitrogens with zero attached hydrogens (tertiary/aromatic N) is 1. The van der Waals surface area contributed by atoms with Crippen LogP contribution >= 0.6 is 15.9 Å². The predicted octanol–water partition coefficient (Wildman–Crippen LogP) is 3.90. The lowest BCUT2D eigenvalue weighted by Crippen LogP contribution is -2.32. The highest BCUT2D eigenvalue weighted by Gasteiger charge is 2.17. The van der Waals surface area contributed by atoms with Crippen LogP contribution in [0.5, 0.6) is 0 Å². The highest BCUT2D eigenvalue weighted by Crippen LogP contribution is 2.25. The van der Waals surface area contributed by atoms with Crippen LogP contribution in [0.2, 0.25) is 0 Å². The summed E-state index contributed by atoms with van der Waals surface area (Å²) in [6.07, 6.45) is 2.14. The molecule has 0 saturated carbocycles. The van der Waals surface area contributed by atoms with Crippen LogP contribution in [0, 0.1) is 0 Å². The number of halogens is 1. The number of hydrogen-bond donors (Lipinski definition) is 1. The fourth-order valence-corrected chi connectivity index (χ4v) is 3.58. The molecule has 1 aliphatic heterocycles. The molecule has 21 heavy (non-hydrogen) atoms. The topological polar surface area (TPSA) is 29.3 Å². The molecule has 0 fully saturated rings. The van der Waals surface area contributed by atoms with Gasteiger partial charge in [-0.25, -0.2) is 0 Å². The molecular formula is C18H21BrN2. The van der Waals surface area contributed by atoms with Crippen molar-refractivity contribution in [1.29, 1.82) is 0 Å². The van der Waals surface area contributed by atoms with Gasteiger partial charge in [-0.3, -0.25) is 4.90 Å². The third-order valence-electron chi connectivity index (χ3n) is 4.27. The zero-order valence-corrected chi connectivity index (χ0v) is 13.7. The van der Waals surface area contributed by atoms with Crippen molar-refractivity contribution in [3.8, 4) is 0 Å². The number of benzene rings is 2. The summed E-state index contributed by atoms with van der Waals surface area (Å²) in [4.78, 5) is 2.51. The Morgan fingerprint density at radius 3 is 2.57 bits per heavy atom. The lowest BCUT2D eigenvalue weighted by molar-refractivity contribution is 0.244. The first kappa shape index (κ1) is 14.8. The first-order valence-corrected chi connectivity index (χ1v) is 8.32. The Morgan fingerprint density at radius 2 is 1.76 bits per heavy atom. The molecule has 0 bridgehead atoms. The molecule has 1 atom stereocenters. The number of rotatable bonds is 4. The van der Waals surface area contributed by atoms with E-state index in [1.54, 1.807) is 0 Å². The molecule has 2 N–H and O–H groups in total. The Bertz CT molecular complexity index is 612. The molecule has 2 nitrogen and oxygen atoms in total. The fourth-order valence-electron chi connectivity index (χ4n) is 3.00. The molecule has 0 aliphatic carbocycles. The minimum atomic E-state index is 0.0951. The van der Waals surface area contributed by atoms with Gasteiger partial charge in [-0.15, -0.1) is 0 Å². The van der Waals surface area contributed by atoms with E-state index in [0.29, 0.717) is 0 Å². The Hall–Kier alpha value is -1.16. The molecule has 0 amide bonds. The molecule has 2 aromatic carbocycles. The minimum absolute atomic E-state index is 0.0951. The van der Waals surface area contributed by atoms with Gasteiger partial charge in [0.2, 0.25) is 0 Å². The molecular weight excluding hydrogens is 324 g/mol. The standard InChI is InChI=1S/C18H21BrN2/c19-17-8-4-3-7-16(17)18(20)10-12-21-11-9-14-5-1-2-6-15(14)13-21/h1-8,18H,9-13,20H2. The van der Waals surface area contributed by atoms with E-state index in [0.717, 1.165) is 36.9 Å². The maximum Gasteiger partial charge on any atom is 0.0318 e. The fraction of sp³-hybridized carbons (Fsp3) is 0.333. The van der Waals surface area contributed by atoms with Crippen LogP contribution in [0.25, 0.3) is 0 Å². The van der Waals surface area contributed by atoms with E-state index in [4.69, 9.17) is 5.73 Å². The van der Waals surface area contributed by atoms with Crippen molar-refractivity contribution in [2.24, 2.45) is 5.73 Å². The Kier molecular flexibility index (Phi) is 4.73. The first-order valence-electron chi connectivity index (χ1n) is 7.53. The summed E-state index contributed by atoms with van der Waals surface area (Å²) < 4.78 is 1.11. The van der Waals surface area contributed by atoms with Crippen LogP contribution in [0.1, 0.15) is 29.2 Å². The molecule has 0 spiro atoms. The van der Waals surface area contributed by atoms with Gasteiger partial charge in [0.05, 0.1) is 0 Å². The average Bonchev–Trinajstić information content (AvgIpc) is 2.53. The van der Waals surface area contributed by atoms with Gasteiger partial charge in [0.25, 0.3) is 0 Å². The van der Waals surface area contributed by atoms with Crippen molar-refractivity contribution in [3.63, 3.8) is 0 Å². The normalized spacial score (nSPS) is 16.5. The molecule has 2 aromatic rings. The third-order valence-corrected chi connectivity index (χ3v) is 4.99. The highest BCUT2D eigenvalue weighted by atomic mass is 79.9. The van der Waals surface area contributed by atoms with Crippen molar-refractivity contribution < 1.29 is 0 Å². The van der Waals surface area contributed by atoms with Crippen LogP contribution in [0.15, 0.2) is 53.0 Å². The van der Waals surface area contributed by atoms with Crippen molar-refractivity contribution in [3.05, 3.63) is 69.7 Å². The van der Waals surface area contributed by atoms with E-state index < -0.39 is 0 Å². The highest BCUT2D eigenvalue weighted by molar-refractivity contribution is 9.10. The van der Waals surface area contributed by atoms with Crippen molar-refractivity contribution in [2.45, 2.75) is 25.4 Å². The summed E-state index contributed by atoms with van der Waals surface area (Å²) in [5.74, 6) is 0. The largest absolute Gasteiger partial charge is 0.324 e. The van der Waals surface area contributed by atoms with Gasteiger partial charge in [0, 0.05) is 30.1 Å². The van der Waals surface area contributed by atoms with Crippen molar-refractivity contribution in [1.82, 2.24) is 4.90 Å². The second kappa shape index (κ2) is 6.73. The van der Waals surface area contributed by atoms with Gasteiger partial charge in [-0.1, -0.05) is 58.4 Å². The molecule has 1 unspecified atom stereocenters. The third kappa shape index (κ3) is 3.54. The van der Waals surface area contributed by atoms with Gasteiger partial charge in [0.1, 0.15) is 0 Å². The SMILES string of the molecule is NC(CCN1CCc2ccccc2C1)c1ccccc1Br. The minimum Gasteiger partial charge on any atom is -0.324 e. The van der Waals surface area contributed by atoms with Crippen LogP contribution in [0.4, 0.5) is 0 Å². The van der Waals surface area contributed by atoms with Gasteiger partial charge in [0.15, 0.2) is 0 Å². The molecule has 3 heteroatoms. The predicted molar refractivity (Wildman–Crippen MR) is 91.1 cm³/mol. The number of hydrogen-bond acceptors (Lipinski definition) is 2. The summed E-state index contributed by atoms with van der Waals surface area (Å²) in [5, 5.41) is 0. The molecule has 1 aliphatic rings. The molecule has 3 rings (SSSR count). The van der Waals surface area contributed by atoms with Crippen LogP contribution in [-0.2, 0) is 13.0 Å². The van der Waals surface area contributed by atoms with Gasteiger partial charge < -0.3 is 5.73 Å². The summed E-state index contributed by atoms with van der Waals surface area (Å²) in [6, 6.07) is 17.1. The monoisotopic (exact) mass is 344 g/mol. The lowest BCUT2D eigenvalue weighted by atomic mass is 9.99. The molecule has 1 heterocycles. The van der Waals surface area contributed by atoms with Crippen LogP contribution in [-0.4, -0.2) is 18.0 Å². The van der Waals surface area contributed by atoms with E-state index in [1.807, 2.05) is 6.07 Å². The number of nitrogens with two attached hydrogens (primary N) is 1. The van der Waals surface area contributed by atoms with Crippen LogP contribution < -0.4 is 5.73 Å². The van der Waals surface area contributed by atoms with E-state index in [1.165, 1.54) is 16.7 Å². The average molecular weight is 345 g/mol. The summed E-state index contributed by atoms with van der Waals surface area (Å²) in [7, 11) is 0. The second-order valence-corrected chi connectivity index (χ2v) is 6.57. The van der Waals surface area contributed by atoms with E-state index >= 15 is 0 Å². The summed E-state index contributed by atoms with van der Waals surface area (Å²) in [5.41, 5.74) is 10.5. The van der Waals surface area contributed by atoms with Crippen LogP contribution in [0.3, 0.4) is 0 Å². The van der Waals surface area contributed by atoms with E-state index in [2.05, 4.69) is 63.3 Å². The van der Waals surface area contributed by atoms with Gasteiger partial charge in [-0.2, -0.15) is 0 Å². The zero-order valence-electron chi connectivity index (χ0n) is 12.1. The maximum absolute atomic E-state index is 6.35. The van der Waals surface area contributed by atoms with Crippen molar-refractivity contribution >= 4 is 15.9 Å². The lowest BCUT2D eigenvalue weighted by Gasteiger charge is -2.29. The van der Waals surface area contributed by atoms with Gasteiger partial charge in [-0.05, 0) is 35.6 Å². The van der Waals surface area contributed by atoms with E-state index in [-0.39, 0.29) is 6.04 Å². The summed E-state index contributed by atoms with van der Waals surface area (Å²) >= 11 is 3.59. The Labute approximate surface area is 135 Å². The zero-order chi connectivity index (χ0) is 14.7. The van der Waals surface area contributed by atoms with Crippen molar-refractivity contribution in [2.75, 3.05) is 13.1 Å². The number of fused-ring (bicyclic) bond motifs is 1. The maximum atomic E-state index is 6.35. The molecule has 110 valence electrons.